The lowest BCUT2D eigenvalue weighted by Gasteiger charge is -2.40. The van der Waals surface area contributed by atoms with Crippen LogP contribution >= 0.6 is 23.2 Å². The molecule has 2 aromatic carbocycles. The van der Waals surface area contributed by atoms with E-state index in [4.69, 9.17) is 28.9 Å². The fourth-order valence-electron chi connectivity index (χ4n) is 4.73. The molecule has 0 aromatic heterocycles. The summed E-state index contributed by atoms with van der Waals surface area (Å²) < 4.78 is 0. The molecule has 2 aromatic rings. The molecule has 154 valence electrons. The Bertz CT molecular complexity index is 1070. The van der Waals surface area contributed by atoms with Crippen molar-refractivity contribution in [3.8, 4) is 0 Å². The van der Waals surface area contributed by atoms with Crippen molar-refractivity contribution in [1.82, 2.24) is 0 Å². The van der Waals surface area contributed by atoms with Crippen LogP contribution in [0.1, 0.15) is 49.1 Å². The second-order valence-corrected chi connectivity index (χ2v) is 8.92. The lowest BCUT2D eigenvalue weighted by molar-refractivity contribution is -0.118. The van der Waals surface area contributed by atoms with E-state index in [9.17, 15) is 9.59 Å². The lowest BCUT2D eigenvalue weighted by Crippen LogP contribution is -2.40. The van der Waals surface area contributed by atoms with Crippen molar-refractivity contribution in [2.24, 2.45) is 0 Å². The summed E-state index contributed by atoms with van der Waals surface area (Å²) >= 11 is 12.4. The van der Waals surface area contributed by atoms with Gasteiger partial charge in [-0.1, -0.05) is 53.6 Å². The van der Waals surface area contributed by atoms with E-state index in [0.29, 0.717) is 26.9 Å². The molecule has 0 spiro atoms. The zero-order valence-electron chi connectivity index (χ0n) is 16.5. The molecular formula is C25H23Cl2NO2. The molecule has 0 amide bonds. The number of Topliss-reactive ketones (excluding diaryl/α,β-unsaturated/α-hetero) is 1. The maximum absolute atomic E-state index is 13.2. The number of nitrogen functional groups attached to an aromatic ring is 1. The molecule has 0 heterocycles. The summed E-state index contributed by atoms with van der Waals surface area (Å²) in [6, 6.07) is 12.5. The Morgan fingerprint density at radius 2 is 1.87 bits per heavy atom. The quantitative estimate of drug-likeness (QED) is 0.455. The van der Waals surface area contributed by atoms with Gasteiger partial charge in [0.2, 0.25) is 0 Å². The standard InChI is InChI=1S/C25H23Cl2NO2/c26-18-8-4-7-17(11-18)22-13-24(30)20(16-5-2-1-3-6-16)14-25(22,15-29)21-10-9-19(27)12-23(21)28/h4-5,7-12,14-15,22H,1-3,6,13,28H2/t22-,25-/m0/s1. The van der Waals surface area contributed by atoms with Crippen LogP contribution < -0.4 is 5.73 Å². The first-order valence-corrected chi connectivity index (χ1v) is 10.9. The topological polar surface area (TPSA) is 60.2 Å². The van der Waals surface area contributed by atoms with Gasteiger partial charge in [-0.3, -0.25) is 4.79 Å². The summed E-state index contributed by atoms with van der Waals surface area (Å²) in [5.74, 6) is -0.351. The van der Waals surface area contributed by atoms with Gasteiger partial charge < -0.3 is 10.5 Å². The van der Waals surface area contributed by atoms with Gasteiger partial charge in [0, 0.05) is 33.6 Å². The first-order valence-electron chi connectivity index (χ1n) is 10.2. The smallest absolute Gasteiger partial charge is 0.163 e. The lowest BCUT2D eigenvalue weighted by atomic mass is 9.61. The number of ketones is 1. The Hall–Kier alpha value is -2.36. The zero-order valence-corrected chi connectivity index (χ0v) is 18.0. The van der Waals surface area contributed by atoms with Gasteiger partial charge in [0.15, 0.2) is 5.78 Å². The van der Waals surface area contributed by atoms with Gasteiger partial charge in [0.05, 0.1) is 5.41 Å². The van der Waals surface area contributed by atoms with E-state index in [1.807, 2.05) is 24.3 Å². The third kappa shape index (κ3) is 3.73. The van der Waals surface area contributed by atoms with Crippen molar-refractivity contribution in [2.75, 3.05) is 5.73 Å². The van der Waals surface area contributed by atoms with E-state index in [0.717, 1.165) is 43.1 Å². The van der Waals surface area contributed by atoms with E-state index in [2.05, 4.69) is 6.08 Å². The molecule has 0 fully saturated rings. The van der Waals surface area contributed by atoms with Gasteiger partial charge in [-0.15, -0.1) is 0 Å². The number of anilines is 1. The van der Waals surface area contributed by atoms with Gasteiger partial charge in [-0.2, -0.15) is 0 Å². The van der Waals surface area contributed by atoms with Gasteiger partial charge >= 0.3 is 0 Å². The Kier molecular flexibility index (Phi) is 5.86. The molecule has 2 aliphatic carbocycles. The Labute approximate surface area is 186 Å². The molecule has 0 aliphatic heterocycles. The van der Waals surface area contributed by atoms with Crippen LogP contribution in [0.3, 0.4) is 0 Å². The molecule has 2 aliphatic rings. The number of halogens is 2. The molecule has 0 unspecified atom stereocenters. The summed E-state index contributed by atoms with van der Waals surface area (Å²) in [6.07, 6.45) is 9.09. The van der Waals surface area contributed by atoms with Crippen LogP contribution in [-0.4, -0.2) is 12.1 Å². The Morgan fingerprint density at radius 3 is 2.53 bits per heavy atom. The van der Waals surface area contributed by atoms with Gasteiger partial charge in [0.1, 0.15) is 6.29 Å². The number of rotatable bonds is 4. The van der Waals surface area contributed by atoms with Crippen LogP contribution in [0.4, 0.5) is 5.69 Å². The van der Waals surface area contributed by atoms with Crippen LogP contribution in [0, 0.1) is 0 Å². The fourth-order valence-corrected chi connectivity index (χ4v) is 5.11. The second kappa shape index (κ2) is 8.41. The number of hydrogen-bond acceptors (Lipinski definition) is 3. The Balaban J connectivity index is 1.96. The molecular weight excluding hydrogens is 417 g/mol. The van der Waals surface area contributed by atoms with Crippen molar-refractivity contribution in [2.45, 2.75) is 43.4 Å². The van der Waals surface area contributed by atoms with E-state index >= 15 is 0 Å². The van der Waals surface area contributed by atoms with Crippen LogP contribution in [0.5, 0.6) is 0 Å². The van der Waals surface area contributed by atoms with Crippen LogP contribution in [0.2, 0.25) is 10.0 Å². The average molecular weight is 440 g/mol. The number of allylic oxidation sites excluding steroid dienone is 4. The van der Waals surface area contributed by atoms with Crippen molar-refractivity contribution < 1.29 is 9.59 Å². The van der Waals surface area contributed by atoms with Crippen molar-refractivity contribution in [1.29, 1.82) is 0 Å². The van der Waals surface area contributed by atoms with Crippen LogP contribution in [0.25, 0.3) is 0 Å². The molecule has 5 heteroatoms. The summed E-state index contributed by atoms with van der Waals surface area (Å²) in [6.45, 7) is 0. The minimum Gasteiger partial charge on any atom is -0.398 e. The highest BCUT2D eigenvalue weighted by Crippen LogP contribution is 2.49. The maximum Gasteiger partial charge on any atom is 0.163 e. The highest BCUT2D eigenvalue weighted by molar-refractivity contribution is 6.31. The number of aldehydes is 1. The number of carbonyl (C=O) groups is 2. The fraction of sp³-hybridized carbons (Fsp3) is 0.280. The second-order valence-electron chi connectivity index (χ2n) is 8.05. The van der Waals surface area contributed by atoms with Crippen LogP contribution in [0.15, 0.2) is 65.8 Å². The summed E-state index contributed by atoms with van der Waals surface area (Å²) in [5, 5.41) is 1.07. The normalized spacial score (nSPS) is 24.2. The average Bonchev–Trinajstić information content (AvgIpc) is 2.74. The summed E-state index contributed by atoms with van der Waals surface area (Å²) in [4.78, 5) is 26.1. The molecule has 3 nitrogen and oxygen atoms in total. The van der Waals surface area contributed by atoms with Gasteiger partial charge in [-0.25, -0.2) is 0 Å². The molecule has 2 atom stereocenters. The monoisotopic (exact) mass is 439 g/mol. The number of nitrogens with two attached hydrogens (primary N) is 1. The van der Waals surface area contributed by atoms with E-state index in [1.54, 1.807) is 24.3 Å². The SMILES string of the molecule is Nc1cc(Cl)ccc1[C@@]1(C=O)C=C(C2=CCCCC2)C(=O)C[C@H]1c1cccc(Cl)c1. The van der Waals surface area contributed by atoms with Crippen molar-refractivity contribution >= 4 is 41.0 Å². The van der Waals surface area contributed by atoms with Gasteiger partial charge in [-0.05, 0) is 66.6 Å². The van der Waals surface area contributed by atoms with Crippen molar-refractivity contribution in [3.05, 3.63) is 86.9 Å². The molecule has 0 radical (unpaired) electrons. The minimum atomic E-state index is -1.08. The first-order chi connectivity index (χ1) is 14.4. The minimum absolute atomic E-state index is 0.0538. The summed E-state index contributed by atoms with van der Waals surface area (Å²) in [5.41, 5.74) is 8.88. The molecule has 4 rings (SSSR count). The number of benzene rings is 2. The molecule has 30 heavy (non-hydrogen) atoms. The van der Waals surface area contributed by atoms with Crippen molar-refractivity contribution in [3.63, 3.8) is 0 Å². The molecule has 2 N–H and O–H groups in total. The van der Waals surface area contributed by atoms with E-state index < -0.39 is 11.3 Å². The molecule has 0 saturated carbocycles. The van der Waals surface area contributed by atoms with Gasteiger partial charge in [0.25, 0.3) is 0 Å². The third-order valence-electron chi connectivity index (χ3n) is 6.21. The highest BCUT2D eigenvalue weighted by Gasteiger charge is 2.46. The predicted octanol–water partition coefficient (Wildman–Crippen LogP) is 6.20. The largest absolute Gasteiger partial charge is 0.398 e. The zero-order chi connectivity index (χ0) is 21.3. The summed E-state index contributed by atoms with van der Waals surface area (Å²) in [7, 11) is 0. The van der Waals surface area contributed by atoms with E-state index in [-0.39, 0.29) is 12.2 Å². The van der Waals surface area contributed by atoms with E-state index in [1.165, 1.54) is 0 Å². The number of carbonyl (C=O) groups excluding carboxylic acids is 2. The third-order valence-corrected chi connectivity index (χ3v) is 6.68. The first kappa shape index (κ1) is 20.9. The maximum atomic E-state index is 13.2. The molecule has 0 bridgehead atoms. The molecule has 0 saturated heterocycles. The Morgan fingerprint density at radius 1 is 1.07 bits per heavy atom. The predicted molar refractivity (Wildman–Crippen MR) is 122 cm³/mol. The number of hydrogen-bond donors (Lipinski definition) is 1. The van der Waals surface area contributed by atoms with Crippen LogP contribution in [-0.2, 0) is 15.0 Å². The highest BCUT2D eigenvalue weighted by atomic mass is 35.5.